The molecule has 2 amide bonds. The Morgan fingerprint density at radius 3 is 1.03 bits per heavy atom. The molecule has 184 valence electrons. The number of carbonyl (C=O) groups is 2. The second kappa shape index (κ2) is 13.2. The van der Waals surface area contributed by atoms with Crippen molar-refractivity contribution < 1.29 is 19.1 Å². The fraction of sp³-hybridized carbons (Fsp3) is 0.920. The van der Waals surface area contributed by atoms with Gasteiger partial charge in [0.1, 0.15) is 13.2 Å². The standard InChI is InChI=1S/C25H50N2O4/c1-17(2)13-25(14-18(3)4,15-30-23(28)26(19(5)6)20(7)8)16-31-24(29)27(21(9)10)22(11)12/h17-22H,13-16H2,1-12H3. The lowest BCUT2D eigenvalue weighted by Crippen LogP contribution is -2.46. The van der Waals surface area contributed by atoms with E-state index in [2.05, 4.69) is 27.7 Å². The molecule has 0 unspecified atom stereocenters. The van der Waals surface area contributed by atoms with Crippen LogP contribution in [0.25, 0.3) is 0 Å². The van der Waals surface area contributed by atoms with E-state index in [4.69, 9.17) is 9.47 Å². The molecule has 6 heteroatoms. The van der Waals surface area contributed by atoms with Gasteiger partial charge >= 0.3 is 12.2 Å². The zero-order valence-corrected chi connectivity index (χ0v) is 22.3. The van der Waals surface area contributed by atoms with Crippen molar-refractivity contribution in [3.63, 3.8) is 0 Å². The van der Waals surface area contributed by atoms with Crippen LogP contribution in [0.5, 0.6) is 0 Å². The van der Waals surface area contributed by atoms with Crippen LogP contribution in [-0.4, -0.2) is 59.4 Å². The van der Waals surface area contributed by atoms with Crippen molar-refractivity contribution in [2.45, 2.75) is 120 Å². The number of carbonyl (C=O) groups excluding carboxylic acids is 2. The van der Waals surface area contributed by atoms with E-state index in [1.165, 1.54) is 0 Å². The molecule has 0 bridgehead atoms. The summed E-state index contributed by atoms with van der Waals surface area (Å²) < 4.78 is 11.7. The van der Waals surface area contributed by atoms with Crippen molar-refractivity contribution in [2.75, 3.05) is 13.2 Å². The van der Waals surface area contributed by atoms with Gasteiger partial charge in [-0.25, -0.2) is 9.59 Å². The second-order valence-corrected chi connectivity index (χ2v) is 11.0. The Hall–Kier alpha value is -1.46. The molecule has 0 fully saturated rings. The van der Waals surface area contributed by atoms with E-state index in [1.54, 1.807) is 9.80 Å². The highest BCUT2D eigenvalue weighted by molar-refractivity contribution is 5.69. The summed E-state index contributed by atoms with van der Waals surface area (Å²) in [5.41, 5.74) is -0.410. The fourth-order valence-electron chi connectivity index (χ4n) is 4.71. The molecule has 0 heterocycles. The average molecular weight is 443 g/mol. The minimum Gasteiger partial charge on any atom is -0.449 e. The van der Waals surface area contributed by atoms with Crippen LogP contribution >= 0.6 is 0 Å². The molecule has 0 aliphatic rings. The Morgan fingerprint density at radius 2 is 0.839 bits per heavy atom. The van der Waals surface area contributed by atoms with Crippen molar-refractivity contribution in [1.82, 2.24) is 9.80 Å². The van der Waals surface area contributed by atoms with Crippen molar-refractivity contribution in [1.29, 1.82) is 0 Å². The summed E-state index contributed by atoms with van der Waals surface area (Å²) in [5.74, 6) is 0.766. The molecule has 0 rings (SSSR count). The topological polar surface area (TPSA) is 59.1 Å². The van der Waals surface area contributed by atoms with E-state index in [0.717, 1.165) is 12.8 Å². The van der Waals surface area contributed by atoms with Crippen LogP contribution in [0.3, 0.4) is 0 Å². The molecule has 0 aromatic carbocycles. The van der Waals surface area contributed by atoms with Crippen LogP contribution in [0.2, 0.25) is 0 Å². The molecular weight excluding hydrogens is 392 g/mol. The Bertz CT molecular complexity index is 478. The molecule has 0 spiro atoms. The summed E-state index contributed by atoms with van der Waals surface area (Å²) in [5, 5.41) is 0. The Morgan fingerprint density at radius 1 is 0.581 bits per heavy atom. The highest BCUT2D eigenvalue weighted by atomic mass is 16.6. The smallest absolute Gasteiger partial charge is 0.410 e. The van der Waals surface area contributed by atoms with Gasteiger partial charge in [0.2, 0.25) is 0 Å². The van der Waals surface area contributed by atoms with Crippen molar-refractivity contribution in [3.8, 4) is 0 Å². The maximum Gasteiger partial charge on any atom is 0.410 e. The van der Waals surface area contributed by atoms with E-state index >= 15 is 0 Å². The molecule has 6 nitrogen and oxygen atoms in total. The number of amides is 2. The van der Waals surface area contributed by atoms with Crippen LogP contribution in [-0.2, 0) is 9.47 Å². The SMILES string of the molecule is CC(C)CC(COC(=O)N(C(C)C)C(C)C)(COC(=O)N(C(C)C)C(C)C)CC(C)C. The van der Waals surface area contributed by atoms with Gasteiger partial charge in [0.25, 0.3) is 0 Å². The predicted octanol–water partition coefficient (Wildman–Crippen LogP) is 6.58. The van der Waals surface area contributed by atoms with E-state index in [-0.39, 0.29) is 49.6 Å². The number of nitrogens with zero attached hydrogens (tertiary/aromatic N) is 2. The van der Waals surface area contributed by atoms with Crippen molar-refractivity contribution >= 4 is 12.2 Å². The maximum absolute atomic E-state index is 12.9. The number of hydrogen-bond donors (Lipinski definition) is 0. The fourth-order valence-corrected chi connectivity index (χ4v) is 4.71. The van der Waals surface area contributed by atoms with E-state index in [9.17, 15) is 9.59 Å². The summed E-state index contributed by atoms with van der Waals surface area (Å²) >= 11 is 0. The largest absolute Gasteiger partial charge is 0.449 e. The highest BCUT2D eigenvalue weighted by Gasteiger charge is 2.37. The molecular formula is C25H50N2O4. The Labute approximate surface area is 192 Å². The average Bonchev–Trinajstić information content (AvgIpc) is 2.55. The summed E-state index contributed by atoms with van der Waals surface area (Å²) in [6, 6.07) is 0.224. The summed E-state index contributed by atoms with van der Waals surface area (Å²) in [7, 11) is 0. The van der Waals surface area contributed by atoms with Crippen molar-refractivity contribution in [3.05, 3.63) is 0 Å². The number of hydrogen-bond acceptors (Lipinski definition) is 4. The van der Waals surface area contributed by atoms with Gasteiger partial charge in [0, 0.05) is 29.6 Å². The zero-order chi connectivity index (χ0) is 24.5. The quantitative estimate of drug-likeness (QED) is 0.343. The van der Waals surface area contributed by atoms with Crippen LogP contribution in [0, 0.1) is 17.3 Å². The lowest BCUT2D eigenvalue weighted by molar-refractivity contribution is -0.0230. The van der Waals surface area contributed by atoms with E-state index < -0.39 is 5.41 Å². The van der Waals surface area contributed by atoms with Crippen molar-refractivity contribution in [2.24, 2.45) is 17.3 Å². The Balaban J connectivity index is 5.64. The Kier molecular flexibility index (Phi) is 12.6. The predicted molar refractivity (Wildman–Crippen MR) is 128 cm³/mol. The summed E-state index contributed by atoms with van der Waals surface area (Å²) in [6.45, 7) is 25.0. The molecule has 0 aliphatic carbocycles. The molecule has 31 heavy (non-hydrogen) atoms. The third-order valence-corrected chi connectivity index (χ3v) is 5.33. The molecule has 0 aromatic heterocycles. The minimum atomic E-state index is -0.410. The maximum atomic E-state index is 12.9. The molecule has 0 radical (unpaired) electrons. The van der Waals surface area contributed by atoms with E-state index in [1.807, 2.05) is 55.4 Å². The van der Waals surface area contributed by atoms with Gasteiger partial charge in [0.15, 0.2) is 0 Å². The number of ether oxygens (including phenoxy) is 2. The second-order valence-electron chi connectivity index (χ2n) is 11.0. The molecule has 0 aromatic rings. The van der Waals surface area contributed by atoms with Gasteiger partial charge in [-0.1, -0.05) is 27.7 Å². The first kappa shape index (κ1) is 29.5. The lowest BCUT2D eigenvalue weighted by atomic mass is 9.75. The first-order valence-electron chi connectivity index (χ1n) is 12.0. The van der Waals surface area contributed by atoms with Gasteiger partial charge < -0.3 is 19.3 Å². The first-order valence-corrected chi connectivity index (χ1v) is 12.0. The lowest BCUT2D eigenvalue weighted by Gasteiger charge is -2.38. The summed E-state index contributed by atoms with van der Waals surface area (Å²) in [6.07, 6.45) is 1.02. The third kappa shape index (κ3) is 10.1. The molecule has 0 atom stereocenters. The highest BCUT2D eigenvalue weighted by Crippen LogP contribution is 2.35. The molecule has 0 aliphatic heterocycles. The van der Waals surface area contributed by atoms with Gasteiger partial charge in [-0.3, -0.25) is 0 Å². The molecule has 0 saturated carbocycles. The monoisotopic (exact) mass is 442 g/mol. The first-order chi connectivity index (χ1) is 14.1. The van der Waals surface area contributed by atoms with Gasteiger partial charge in [-0.05, 0) is 80.1 Å². The van der Waals surface area contributed by atoms with Crippen LogP contribution in [0.1, 0.15) is 95.9 Å². The van der Waals surface area contributed by atoms with Crippen LogP contribution in [0.4, 0.5) is 9.59 Å². The molecule has 0 N–H and O–H groups in total. The van der Waals surface area contributed by atoms with Gasteiger partial charge in [0.05, 0.1) is 0 Å². The van der Waals surface area contributed by atoms with Gasteiger partial charge in [-0.2, -0.15) is 0 Å². The van der Waals surface area contributed by atoms with Gasteiger partial charge in [-0.15, -0.1) is 0 Å². The number of rotatable bonds is 12. The molecule has 0 saturated heterocycles. The minimum absolute atomic E-state index is 0.0561. The van der Waals surface area contributed by atoms with Crippen LogP contribution < -0.4 is 0 Å². The third-order valence-electron chi connectivity index (χ3n) is 5.33. The van der Waals surface area contributed by atoms with Crippen LogP contribution in [0.15, 0.2) is 0 Å². The van der Waals surface area contributed by atoms with E-state index in [0.29, 0.717) is 11.8 Å². The summed E-state index contributed by atoms with van der Waals surface area (Å²) in [4.78, 5) is 29.2. The normalized spacial score (nSPS) is 12.5. The zero-order valence-electron chi connectivity index (χ0n) is 22.3.